The van der Waals surface area contributed by atoms with Crippen LogP contribution in [-0.4, -0.2) is 28.8 Å². The molecule has 104 valence electrons. The predicted octanol–water partition coefficient (Wildman–Crippen LogP) is 2.38. The van der Waals surface area contributed by atoms with Gasteiger partial charge in [0.05, 0.1) is 19.0 Å². The molecule has 1 amide bonds. The first-order valence-corrected chi connectivity index (χ1v) is 7.14. The zero-order chi connectivity index (χ0) is 14.5. The number of halogens is 1. The van der Waals surface area contributed by atoms with Crippen LogP contribution in [0.4, 0.5) is 0 Å². The number of carbonyl (C=O) groups is 1. The molecular weight excluding hydrogens is 344 g/mol. The zero-order valence-electron chi connectivity index (χ0n) is 10.8. The van der Waals surface area contributed by atoms with Crippen molar-refractivity contribution < 1.29 is 9.53 Å². The van der Waals surface area contributed by atoms with E-state index in [1.54, 1.807) is 14.0 Å². The first-order chi connectivity index (χ1) is 9.61. The van der Waals surface area contributed by atoms with Crippen LogP contribution in [0.15, 0.2) is 27.8 Å². The highest BCUT2D eigenvalue weighted by atomic mass is 79.9. The van der Waals surface area contributed by atoms with Crippen LogP contribution in [0.3, 0.4) is 0 Å². The second-order valence-corrected chi connectivity index (χ2v) is 5.44. The van der Waals surface area contributed by atoms with Gasteiger partial charge in [0.2, 0.25) is 0 Å². The average Bonchev–Trinajstić information content (AvgIpc) is 2.85. The largest absolute Gasteiger partial charge is 0.496 e. The molecule has 0 bridgehead atoms. The number of hydrogen-bond acceptors (Lipinski definition) is 6. The van der Waals surface area contributed by atoms with Crippen LogP contribution in [0.25, 0.3) is 0 Å². The standard InChI is InChI=1S/C12H11BrN4O2S/c1-7-11(20-17-15-7)12(18)16-14-6-8-5-9(13)3-4-10(8)19-2/h3-6H,1-2H3,(H,16,18)/b14-6+. The number of methoxy groups -OCH3 is 1. The summed E-state index contributed by atoms with van der Waals surface area (Å²) in [6.45, 7) is 1.72. The molecule has 2 rings (SSSR count). The van der Waals surface area contributed by atoms with Crippen molar-refractivity contribution in [1.29, 1.82) is 0 Å². The lowest BCUT2D eigenvalue weighted by Gasteiger charge is -2.04. The second kappa shape index (κ2) is 6.58. The van der Waals surface area contributed by atoms with Crippen LogP contribution in [0.1, 0.15) is 20.9 Å². The lowest BCUT2D eigenvalue weighted by molar-refractivity contribution is 0.0958. The van der Waals surface area contributed by atoms with E-state index in [4.69, 9.17) is 4.74 Å². The molecule has 0 radical (unpaired) electrons. The Morgan fingerprint density at radius 3 is 3.00 bits per heavy atom. The van der Waals surface area contributed by atoms with Gasteiger partial charge >= 0.3 is 0 Å². The Hall–Kier alpha value is -1.80. The van der Waals surface area contributed by atoms with Gasteiger partial charge < -0.3 is 4.74 Å². The van der Waals surface area contributed by atoms with Gasteiger partial charge in [-0.05, 0) is 36.7 Å². The van der Waals surface area contributed by atoms with E-state index < -0.39 is 0 Å². The Bertz CT molecular complexity index is 657. The van der Waals surface area contributed by atoms with Crippen LogP contribution >= 0.6 is 27.5 Å². The summed E-state index contributed by atoms with van der Waals surface area (Å²) in [4.78, 5) is 12.3. The van der Waals surface area contributed by atoms with Crippen molar-refractivity contribution in [1.82, 2.24) is 15.0 Å². The highest BCUT2D eigenvalue weighted by Crippen LogP contribution is 2.21. The molecule has 2 aromatic rings. The molecule has 0 saturated heterocycles. The van der Waals surface area contributed by atoms with Gasteiger partial charge in [0.25, 0.3) is 5.91 Å². The molecule has 0 aliphatic heterocycles. The van der Waals surface area contributed by atoms with Gasteiger partial charge in [-0.2, -0.15) is 5.10 Å². The molecule has 0 atom stereocenters. The van der Waals surface area contributed by atoms with Crippen molar-refractivity contribution in [3.63, 3.8) is 0 Å². The Balaban J connectivity index is 2.09. The number of ether oxygens (including phenoxy) is 1. The second-order valence-electron chi connectivity index (χ2n) is 3.77. The maximum Gasteiger partial charge on any atom is 0.285 e. The van der Waals surface area contributed by atoms with Crippen molar-refractivity contribution in [3.8, 4) is 5.75 Å². The first-order valence-electron chi connectivity index (χ1n) is 5.57. The Morgan fingerprint density at radius 1 is 1.55 bits per heavy atom. The summed E-state index contributed by atoms with van der Waals surface area (Å²) in [6.07, 6.45) is 1.52. The molecule has 0 aliphatic rings. The van der Waals surface area contributed by atoms with E-state index >= 15 is 0 Å². The highest BCUT2D eigenvalue weighted by molar-refractivity contribution is 9.10. The lowest BCUT2D eigenvalue weighted by Crippen LogP contribution is -2.17. The van der Waals surface area contributed by atoms with Gasteiger partial charge in [-0.3, -0.25) is 4.79 Å². The van der Waals surface area contributed by atoms with Gasteiger partial charge in [-0.25, -0.2) is 5.43 Å². The molecular formula is C12H11BrN4O2S. The van der Waals surface area contributed by atoms with E-state index in [0.717, 1.165) is 21.6 Å². The molecule has 1 heterocycles. The monoisotopic (exact) mass is 354 g/mol. The molecule has 20 heavy (non-hydrogen) atoms. The predicted molar refractivity (Wildman–Crippen MR) is 80.4 cm³/mol. The molecule has 1 aromatic heterocycles. The number of nitrogens with one attached hydrogen (secondary N) is 1. The number of hydrazone groups is 1. The number of aromatic nitrogens is 2. The fourth-order valence-corrected chi connectivity index (χ4v) is 2.38. The van der Waals surface area contributed by atoms with Crippen molar-refractivity contribution in [2.45, 2.75) is 6.92 Å². The van der Waals surface area contributed by atoms with Crippen LogP contribution in [0.5, 0.6) is 5.75 Å². The lowest BCUT2D eigenvalue weighted by atomic mass is 10.2. The van der Waals surface area contributed by atoms with Crippen LogP contribution < -0.4 is 10.2 Å². The summed E-state index contributed by atoms with van der Waals surface area (Å²) < 4.78 is 9.80. The van der Waals surface area contributed by atoms with Gasteiger partial charge in [0.15, 0.2) is 0 Å². The molecule has 0 fully saturated rings. The third-order valence-corrected chi connectivity index (χ3v) is 3.74. The number of aryl methyl sites for hydroxylation is 1. The highest BCUT2D eigenvalue weighted by Gasteiger charge is 2.11. The van der Waals surface area contributed by atoms with Crippen LogP contribution in [-0.2, 0) is 0 Å². The van der Waals surface area contributed by atoms with Gasteiger partial charge in [0.1, 0.15) is 10.6 Å². The van der Waals surface area contributed by atoms with E-state index in [9.17, 15) is 4.79 Å². The summed E-state index contributed by atoms with van der Waals surface area (Å²) in [5.74, 6) is 0.338. The Labute approximate surface area is 128 Å². The molecule has 1 aromatic carbocycles. The smallest absolute Gasteiger partial charge is 0.285 e. The number of hydrogen-bond donors (Lipinski definition) is 1. The fraction of sp³-hybridized carbons (Fsp3) is 0.167. The summed E-state index contributed by atoms with van der Waals surface area (Å²) >= 11 is 4.40. The van der Waals surface area contributed by atoms with Gasteiger partial charge in [-0.1, -0.05) is 20.4 Å². The molecule has 0 unspecified atom stereocenters. The normalized spacial score (nSPS) is 10.8. The summed E-state index contributed by atoms with van der Waals surface area (Å²) in [5, 5.41) is 7.69. The Kier molecular flexibility index (Phi) is 4.80. The maximum atomic E-state index is 11.8. The fourth-order valence-electron chi connectivity index (χ4n) is 1.46. The maximum absolute atomic E-state index is 11.8. The van der Waals surface area contributed by atoms with Gasteiger partial charge in [0, 0.05) is 10.0 Å². The molecule has 0 aliphatic carbocycles. The van der Waals surface area contributed by atoms with Crippen molar-refractivity contribution in [3.05, 3.63) is 38.8 Å². The van der Waals surface area contributed by atoms with E-state index in [0.29, 0.717) is 16.3 Å². The number of rotatable bonds is 4. The number of benzene rings is 1. The molecule has 6 nitrogen and oxygen atoms in total. The molecule has 0 saturated carbocycles. The topological polar surface area (TPSA) is 76.5 Å². The minimum atomic E-state index is -0.331. The van der Waals surface area contributed by atoms with E-state index in [1.165, 1.54) is 6.21 Å². The van der Waals surface area contributed by atoms with E-state index in [1.807, 2.05) is 18.2 Å². The third-order valence-electron chi connectivity index (χ3n) is 2.42. The van der Waals surface area contributed by atoms with Crippen LogP contribution in [0, 0.1) is 6.92 Å². The van der Waals surface area contributed by atoms with E-state index in [-0.39, 0.29) is 5.91 Å². The van der Waals surface area contributed by atoms with Crippen molar-refractivity contribution in [2.24, 2.45) is 5.10 Å². The van der Waals surface area contributed by atoms with Crippen LogP contribution in [0.2, 0.25) is 0 Å². The van der Waals surface area contributed by atoms with Crippen molar-refractivity contribution in [2.75, 3.05) is 7.11 Å². The number of carbonyl (C=O) groups excluding carboxylic acids is 1. The molecule has 8 heteroatoms. The zero-order valence-corrected chi connectivity index (χ0v) is 13.2. The number of amides is 1. The summed E-state index contributed by atoms with van der Waals surface area (Å²) in [6, 6.07) is 5.51. The summed E-state index contributed by atoms with van der Waals surface area (Å²) in [7, 11) is 1.57. The SMILES string of the molecule is COc1ccc(Br)cc1/C=N/NC(=O)c1snnc1C. The number of nitrogens with zero attached hydrogens (tertiary/aromatic N) is 3. The molecule has 1 N–H and O–H groups in total. The third kappa shape index (κ3) is 3.40. The summed E-state index contributed by atoms with van der Waals surface area (Å²) in [5.41, 5.74) is 3.77. The average molecular weight is 355 g/mol. The quantitative estimate of drug-likeness (QED) is 0.675. The van der Waals surface area contributed by atoms with Crippen molar-refractivity contribution >= 4 is 39.6 Å². The minimum absolute atomic E-state index is 0.331. The van der Waals surface area contributed by atoms with Gasteiger partial charge in [-0.15, -0.1) is 5.10 Å². The molecule has 0 spiro atoms. The Morgan fingerprint density at radius 2 is 2.35 bits per heavy atom. The first kappa shape index (κ1) is 14.6. The van der Waals surface area contributed by atoms with E-state index in [2.05, 4.69) is 36.0 Å². The minimum Gasteiger partial charge on any atom is -0.496 e.